The van der Waals surface area contributed by atoms with Crippen LogP contribution in [0.2, 0.25) is 0 Å². The second-order valence-corrected chi connectivity index (χ2v) is 14.8. The smallest absolute Gasteiger partial charge is 0.240 e. The van der Waals surface area contributed by atoms with Crippen LogP contribution in [0.1, 0.15) is 51.7 Å². The number of benzene rings is 2. The molecule has 248 valence electrons. The number of carbonyl (C=O) groups is 1. The third kappa shape index (κ3) is 6.47. The Kier molecular flexibility index (Phi) is 9.88. The highest BCUT2D eigenvalue weighted by Gasteiger charge is 2.57. The van der Waals surface area contributed by atoms with E-state index < -0.39 is 24.2 Å². The van der Waals surface area contributed by atoms with Crippen molar-refractivity contribution in [1.29, 1.82) is 0 Å². The molecule has 8 atom stereocenters. The lowest BCUT2D eigenvalue weighted by Gasteiger charge is -2.62. The molecule has 0 unspecified atom stereocenters. The Morgan fingerprint density at radius 2 is 1.93 bits per heavy atom. The highest BCUT2D eigenvalue weighted by atomic mass is 16.7. The van der Waals surface area contributed by atoms with Gasteiger partial charge >= 0.3 is 0 Å². The van der Waals surface area contributed by atoms with Gasteiger partial charge in [-0.3, -0.25) is 9.63 Å². The van der Waals surface area contributed by atoms with Crippen LogP contribution in [0, 0.1) is 29.1 Å². The van der Waals surface area contributed by atoms with Gasteiger partial charge in [-0.05, 0) is 86.4 Å². The number of nitrogens with two attached hydrogens (primary N) is 1. The first-order valence-corrected chi connectivity index (χ1v) is 16.5. The maximum Gasteiger partial charge on any atom is 0.240 e. The van der Waals surface area contributed by atoms with E-state index in [4.69, 9.17) is 15.3 Å². The van der Waals surface area contributed by atoms with Crippen LogP contribution in [-0.4, -0.2) is 87.1 Å². The quantitative estimate of drug-likeness (QED) is 0.345. The molecule has 2 bridgehead atoms. The fourth-order valence-electron chi connectivity index (χ4n) is 8.42. The monoisotopic (exact) mass is 621 g/mol. The number of anilines is 1. The molecule has 1 heterocycles. The highest BCUT2D eigenvalue weighted by molar-refractivity contribution is 5.83. The Morgan fingerprint density at radius 3 is 2.51 bits per heavy atom. The van der Waals surface area contributed by atoms with Crippen LogP contribution >= 0.6 is 0 Å². The van der Waals surface area contributed by atoms with Crippen molar-refractivity contribution in [2.75, 3.05) is 46.7 Å². The maximum atomic E-state index is 14.2. The third-order valence-electron chi connectivity index (χ3n) is 11.0. The van der Waals surface area contributed by atoms with Gasteiger partial charge in [0.05, 0.1) is 25.9 Å². The number of nitrogens with zero attached hydrogens (tertiary/aromatic N) is 3. The predicted octanol–water partition coefficient (Wildman–Crippen LogP) is 4.12. The number of aliphatic hydroxyl groups is 1. The number of fused-ring (bicyclic) bond motifs is 2. The summed E-state index contributed by atoms with van der Waals surface area (Å²) in [6.07, 6.45) is 0.986. The summed E-state index contributed by atoms with van der Waals surface area (Å²) in [6.45, 7) is 10.1. The van der Waals surface area contributed by atoms with Gasteiger partial charge in [-0.2, -0.15) is 5.06 Å². The van der Waals surface area contributed by atoms with Crippen molar-refractivity contribution in [2.24, 2.45) is 34.8 Å². The van der Waals surface area contributed by atoms with E-state index in [1.165, 1.54) is 12.0 Å². The minimum Gasteiger partial charge on any atom is -0.496 e. The summed E-state index contributed by atoms with van der Waals surface area (Å²) in [7, 11) is 9.92. The number of carbonyl (C=O) groups excluding carboxylic acids is 1. The molecule has 1 saturated heterocycles. The van der Waals surface area contributed by atoms with Gasteiger partial charge in [0, 0.05) is 56.0 Å². The van der Waals surface area contributed by atoms with E-state index >= 15 is 0 Å². The van der Waals surface area contributed by atoms with E-state index in [2.05, 4.69) is 74.2 Å². The molecule has 4 aliphatic rings. The Balaban J connectivity index is 1.45. The van der Waals surface area contributed by atoms with Crippen LogP contribution in [0.4, 0.5) is 5.69 Å². The summed E-state index contributed by atoms with van der Waals surface area (Å²) in [5.41, 5.74) is 11.7. The van der Waals surface area contributed by atoms with Crippen LogP contribution in [0.25, 0.3) is 11.1 Å². The summed E-state index contributed by atoms with van der Waals surface area (Å²) in [5, 5.41) is 16.1. The Hall–Kier alpha value is -2.69. The summed E-state index contributed by atoms with van der Waals surface area (Å²) in [6, 6.07) is 12.1. The standard InChI is InChI=1S/C36H55N5O4/c1-21-29-16-26(36(29,3)4)17-30(21)38-35(43)33-32(22(2)42)31(18-37)45-41(33)20-24-11-10-12-28(34(24)44-9)25-13-23(19-39(5)6)14-27(15-25)40(7)8/h10-15,21-22,26,29-33,42H,16-20,37H2,1-9H3,(H,38,43)/t21-,22-,26+,29-,30-,31-,32+,33-/m0/s1. The molecule has 3 saturated carbocycles. The van der Waals surface area contributed by atoms with Crippen LogP contribution in [0.5, 0.6) is 5.75 Å². The van der Waals surface area contributed by atoms with Crippen molar-refractivity contribution in [3.63, 3.8) is 0 Å². The number of amides is 1. The van der Waals surface area contributed by atoms with Crippen LogP contribution < -0.4 is 20.7 Å². The molecule has 2 aromatic rings. The molecule has 6 rings (SSSR count). The number of rotatable bonds is 11. The van der Waals surface area contributed by atoms with Gasteiger partial charge in [-0.25, -0.2) is 0 Å². The molecule has 1 aliphatic heterocycles. The number of para-hydroxylation sites is 1. The van der Waals surface area contributed by atoms with Gasteiger partial charge in [-0.15, -0.1) is 0 Å². The largest absolute Gasteiger partial charge is 0.496 e. The number of hydrogen-bond acceptors (Lipinski definition) is 8. The molecule has 0 radical (unpaired) electrons. The lowest BCUT2D eigenvalue weighted by Crippen LogP contribution is -2.62. The molecule has 4 fully saturated rings. The first kappa shape index (κ1) is 33.7. The normalized spacial score (nSPS) is 29.7. The van der Waals surface area contributed by atoms with E-state index in [0.717, 1.165) is 41.1 Å². The van der Waals surface area contributed by atoms with Crippen LogP contribution in [-0.2, 0) is 22.7 Å². The SMILES string of the molecule is COc1c(CN2O[C@@H](CN)[C@@H]([C@H](C)O)[C@H]2C(=O)N[C@H]2C[C@H]3C[C@@H]([C@@H]2C)C3(C)C)cccc1-c1cc(CN(C)C)cc(N(C)C)c1. The predicted molar refractivity (Wildman–Crippen MR) is 180 cm³/mol. The van der Waals surface area contributed by atoms with Gasteiger partial charge in [0.15, 0.2) is 0 Å². The second kappa shape index (κ2) is 13.2. The molecular formula is C36H55N5O4. The molecule has 9 nitrogen and oxygen atoms in total. The Labute approximate surface area is 270 Å². The lowest BCUT2D eigenvalue weighted by molar-refractivity contribution is -0.175. The molecule has 45 heavy (non-hydrogen) atoms. The molecule has 9 heteroatoms. The zero-order chi connectivity index (χ0) is 32.8. The summed E-state index contributed by atoms with van der Waals surface area (Å²) in [4.78, 5) is 24.8. The number of methoxy groups -OCH3 is 1. The molecule has 0 spiro atoms. The van der Waals surface area contributed by atoms with Crippen molar-refractivity contribution in [2.45, 2.75) is 77.9 Å². The van der Waals surface area contributed by atoms with Gasteiger partial charge in [0.1, 0.15) is 11.8 Å². The van der Waals surface area contributed by atoms with E-state index in [9.17, 15) is 9.90 Å². The molecule has 1 amide bonds. The number of nitrogens with one attached hydrogen (secondary N) is 1. The lowest BCUT2D eigenvalue weighted by atomic mass is 9.45. The van der Waals surface area contributed by atoms with Gasteiger partial charge in [0.2, 0.25) is 5.91 Å². The average Bonchev–Trinajstić information content (AvgIpc) is 3.35. The van der Waals surface area contributed by atoms with Gasteiger partial charge < -0.3 is 30.7 Å². The minimum absolute atomic E-state index is 0.102. The summed E-state index contributed by atoms with van der Waals surface area (Å²) < 4.78 is 6.08. The van der Waals surface area contributed by atoms with E-state index in [1.807, 2.05) is 26.2 Å². The average molecular weight is 622 g/mol. The first-order valence-electron chi connectivity index (χ1n) is 16.5. The Morgan fingerprint density at radius 1 is 1.20 bits per heavy atom. The minimum atomic E-state index is -0.771. The van der Waals surface area contributed by atoms with Gasteiger partial charge in [-0.1, -0.05) is 39.0 Å². The zero-order valence-corrected chi connectivity index (χ0v) is 28.7. The molecular weight excluding hydrogens is 566 g/mol. The molecule has 0 aromatic heterocycles. The highest BCUT2D eigenvalue weighted by Crippen LogP contribution is 2.61. The maximum absolute atomic E-state index is 14.2. The summed E-state index contributed by atoms with van der Waals surface area (Å²) in [5.74, 6) is 1.81. The van der Waals surface area contributed by atoms with Crippen LogP contribution in [0.3, 0.4) is 0 Å². The van der Waals surface area contributed by atoms with E-state index in [-0.39, 0.29) is 18.5 Å². The number of hydroxylamine groups is 2. The molecule has 4 N–H and O–H groups in total. The number of aliphatic hydroxyl groups excluding tert-OH is 1. The van der Waals surface area contributed by atoms with E-state index in [1.54, 1.807) is 19.1 Å². The molecule has 3 aliphatic carbocycles. The number of ether oxygens (including phenoxy) is 1. The van der Waals surface area contributed by atoms with Crippen molar-refractivity contribution < 1.29 is 19.5 Å². The van der Waals surface area contributed by atoms with Crippen molar-refractivity contribution in [3.05, 3.63) is 47.5 Å². The zero-order valence-electron chi connectivity index (χ0n) is 28.7. The topological polar surface area (TPSA) is 104 Å². The van der Waals surface area contributed by atoms with Crippen LogP contribution in [0.15, 0.2) is 36.4 Å². The van der Waals surface area contributed by atoms with Crippen molar-refractivity contribution in [1.82, 2.24) is 15.3 Å². The first-order chi connectivity index (χ1) is 21.3. The Bertz CT molecular complexity index is 1360. The second-order valence-electron chi connectivity index (χ2n) is 14.8. The van der Waals surface area contributed by atoms with E-state index in [0.29, 0.717) is 29.7 Å². The summed E-state index contributed by atoms with van der Waals surface area (Å²) >= 11 is 0. The van der Waals surface area contributed by atoms with Gasteiger partial charge in [0.25, 0.3) is 0 Å². The van der Waals surface area contributed by atoms with Crippen molar-refractivity contribution in [3.8, 4) is 16.9 Å². The fraction of sp³-hybridized carbons (Fsp3) is 0.639. The number of hydrogen-bond donors (Lipinski definition) is 3. The van der Waals surface area contributed by atoms with Crippen molar-refractivity contribution >= 4 is 11.6 Å². The molecule has 2 aromatic carbocycles. The third-order valence-corrected chi connectivity index (χ3v) is 11.0. The fourth-order valence-corrected chi connectivity index (χ4v) is 8.42.